The Balaban J connectivity index is 2.10. The molecular weight excluding hydrogens is 284 g/mol. The number of carbonyl (C=O) groups is 1. The van der Waals surface area contributed by atoms with Crippen LogP contribution in [-0.2, 0) is 10.3 Å². The smallest absolute Gasteiger partial charge is 0.244 e. The van der Waals surface area contributed by atoms with Gasteiger partial charge < -0.3 is 11.1 Å². The standard InChI is InChI=1S/C20H26N2O/c1-14(2)16-10-12-17(13-11-16)15(3)22-19(23)20(4,21)18-8-6-5-7-9-18/h5-15H,21H2,1-4H3,(H,22,23). The molecule has 122 valence electrons. The van der Waals surface area contributed by atoms with Crippen molar-refractivity contribution in [2.45, 2.75) is 45.2 Å². The van der Waals surface area contributed by atoms with Gasteiger partial charge in [0.1, 0.15) is 5.54 Å². The second kappa shape index (κ2) is 6.97. The maximum absolute atomic E-state index is 12.6. The first-order valence-corrected chi connectivity index (χ1v) is 8.07. The molecule has 0 fully saturated rings. The van der Waals surface area contributed by atoms with Crippen LogP contribution in [0.3, 0.4) is 0 Å². The number of nitrogens with two attached hydrogens (primary N) is 1. The molecule has 0 bridgehead atoms. The minimum atomic E-state index is -1.05. The number of hydrogen-bond donors (Lipinski definition) is 2. The summed E-state index contributed by atoms with van der Waals surface area (Å²) >= 11 is 0. The molecule has 0 heterocycles. The van der Waals surface area contributed by atoms with Crippen LogP contribution in [0.1, 0.15) is 56.3 Å². The lowest BCUT2D eigenvalue weighted by molar-refractivity contribution is -0.126. The molecule has 2 unspecified atom stereocenters. The third-order valence-electron chi connectivity index (χ3n) is 4.30. The van der Waals surface area contributed by atoms with Gasteiger partial charge in [-0.05, 0) is 36.5 Å². The molecule has 2 atom stereocenters. The lowest BCUT2D eigenvalue weighted by atomic mass is 9.91. The monoisotopic (exact) mass is 310 g/mol. The van der Waals surface area contributed by atoms with Gasteiger partial charge in [-0.3, -0.25) is 4.79 Å². The molecule has 23 heavy (non-hydrogen) atoms. The molecule has 0 saturated carbocycles. The summed E-state index contributed by atoms with van der Waals surface area (Å²) in [7, 11) is 0. The Morgan fingerprint density at radius 1 is 0.957 bits per heavy atom. The van der Waals surface area contributed by atoms with Crippen molar-refractivity contribution in [3.8, 4) is 0 Å². The molecule has 2 aromatic rings. The van der Waals surface area contributed by atoms with E-state index in [9.17, 15) is 4.79 Å². The Kier molecular flexibility index (Phi) is 5.22. The van der Waals surface area contributed by atoms with Crippen LogP contribution in [0.15, 0.2) is 54.6 Å². The second-order valence-electron chi connectivity index (χ2n) is 6.58. The molecule has 0 saturated heterocycles. The van der Waals surface area contributed by atoms with Crippen LogP contribution in [0.4, 0.5) is 0 Å². The zero-order valence-corrected chi connectivity index (χ0v) is 14.3. The predicted molar refractivity (Wildman–Crippen MR) is 95.1 cm³/mol. The average molecular weight is 310 g/mol. The fourth-order valence-corrected chi connectivity index (χ4v) is 2.51. The van der Waals surface area contributed by atoms with E-state index in [0.717, 1.165) is 11.1 Å². The Hall–Kier alpha value is -2.13. The summed E-state index contributed by atoms with van der Waals surface area (Å²) in [6, 6.07) is 17.7. The average Bonchev–Trinajstić information content (AvgIpc) is 2.55. The van der Waals surface area contributed by atoms with E-state index in [4.69, 9.17) is 5.73 Å². The maximum Gasteiger partial charge on any atom is 0.244 e. The van der Waals surface area contributed by atoms with Crippen molar-refractivity contribution in [2.24, 2.45) is 5.73 Å². The molecule has 0 aliphatic heterocycles. The fourth-order valence-electron chi connectivity index (χ4n) is 2.51. The normalized spacial score (nSPS) is 15.0. The van der Waals surface area contributed by atoms with Gasteiger partial charge >= 0.3 is 0 Å². The number of carbonyl (C=O) groups excluding carboxylic acids is 1. The van der Waals surface area contributed by atoms with Gasteiger partial charge in [-0.1, -0.05) is 68.4 Å². The second-order valence-corrected chi connectivity index (χ2v) is 6.58. The number of amides is 1. The van der Waals surface area contributed by atoms with Gasteiger partial charge in [0, 0.05) is 0 Å². The van der Waals surface area contributed by atoms with Crippen LogP contribution in [0.5, 0.6) is 0 Å². The van der Waals surface area contributed by atoms with Gasteiger partial charge in [0.2, 0.25) is 5.91 Å². The molecule has 0 aromatic heterocycles. The first-order valence-electron chi connectivity index (χ1n) is 8.07. The first-order chi connectivity index (χ1) is 10.8. The minimum absolute atomic E-state index is 0.0877. The molecule has 3 heteroatoms. The zero-order chi connectivity index (χ0) is 17.0. The van der Waals surface area contributed by atoms with Crippen molar-refractivity contribution >= 4 is 5.91 Å². The SMILES string of the molecule is CC(C)c1ccc(C(C)NC(=O)C(C)(N)c2ccccc2)cc1. The summed E-state index contributed by atoms with van der Waals surface area (Å²) in [6.45, 7) is 8.05. The summed E-state index contributed by atoms with van der Waals surface area (Å²) in [4.78, 5) is 12.6. The van der Waals surface area contributed by atoms with Crippen LogP contribution in [0.2, 0.25) is 0 Å². The third kappa shape index (κ3) is 3.99. The Morgan fingerprint density at radius 3 is 2.00 bits per heavy atom. The van der Waals surface area contributed by atoms with Crippen molar-refractivity contribution in [3.05, 3.63) is 71.3 Å². The van der Waals surface area contributed by atoms with Gasteiger partial charge in [-0.25, -0.2) is 0 Å². The van der Waals surface area contributed by atoms with E-state index >= 15 is 0 Å². The van der Waals surface area contributed by atoms with Crippen LogP contribution in [0, 0.1) is 0 Å². The van der Waals surface area contributed by atoms with E-state index in [1.165, 1.54) is 5.56 Å². The summed E-state index contributed by atoms with van der Waals surface area (Å²) in [5.41, 5.74) is 8.38. The number of rotatable bonds is 5. The molecule has 0 spiro atoms. The Labute approximate surface area is 138 Å². The third-order valence-corrected chi connectivity index (χ3v) is 4.30. The molecule has 2 aromatic carbocycles. The van der Waals surface area contributed by atoms with Crippen LogP contribution in [-0.4, -0.2) is 5.91 Å². The largest absolute Gasteiger partial charge is 0.348 e. The molecule has 2 rings (SSSR count). The molecule has 1 amide bonds. The van der Waals surface area contributed by atoms with Crippen molar-refractivity contribution in [1.82, 2.24) is 5.32 Å². The van der Waals surface area contributed by atoms with Crippen LogP contribution >= 0.6 is 0 Å². The van der Waals surface area contributed by atoms with Crippen LogP contribution in [0.25, 0.3) is 0 Å². The summed E-state index contributed by atoms with van der Waals surface area (Å²) in [5.74, 6) is 0.323. The van der Waals surface area contributed by atoms with Crippen molar-refractivity contribution in [1.29, 1.82) is 0 Å². The highest BCUT2D eigenvalue weighted by Gasteiger charge is 2.31. The van der Waals surface area contributed by atoms with E-state index < -0.39 is 5.54 Å². The highest BCUT2D eigenvalue weighted by Crippen LogP contribution is 2.21. The van der Waals surface area contributed by atoms with Crippen molar-refractivity contribution in [3.63, 3.8) is 0 Å². The van der Waals surface area contributed by atoms with Gasteiger partial charge in [0.15, 0.2) is 0 Å². The Bertz CT molecular complexity index is 645. The quantitative estimate of drug-likeness (QED) is 0.881. The van der Waals surface area contributed by atoms with E-state index in [2.05, 4.69) is 43.4 Å². The molecule has 0 aliphatic rings. The Morgan fingerprint density at radius 2 is 1.48 bits per heavy atom. The highest BCUT2D eigenvalue weighted by molar-refractivity contribution is 5.87. The number of nitrogens with one attached hydrogen (secondary N) is 1. The molecule has 0 radical (unpaired) electrons. The fraction of sp³-hybridized carbons (Fsp3) is 0.350. The molecule has 0 aliphatic carbocycles. The summed E-state index contributed by atoms with van der Waals surface area (Å²) in [5, 5.41) is 3.02. The van der Waals surface area contributed by atoms with Crippen molar-refractivity contribution in [2.75, 3.05) is 0 Å². The lowest BCUT2D eigenvalue weighted by Gasteiger charge is -2.26. The summed E-state index contributed by atoms with van der Waals surface area (Å²) < 4.78 is 0. The van der Waals surface area contributed by atoms with E-state index in [1.54, 1.807) is 6.92 Å². The number of benzene rings is 2. The zero-order valence-electron chi connectivity index (χ0n) is 14.3. The lowest BCUT2D eigenvalue weighted by Crippen LogP contribution is -2.49. The van der Waals surface area contributed by atoms with Gasteiger partial charge in [-0.15, -0.1) is 0 Å². The van der Waals surface area contributed by atoms with Gasteiger partial charge in [0.25, 0.3) is 0 Å². The maximum atomic E-state index is 12.6. The number of hydrogen-bond acceptors (Lipinski definition) is 2. The predicted octanol–water partition coefficient (Wildman–Crippen LogP) is 3.86. The first kappa shape index (κ1) is 17.2. The van der Waals surface area contributed by atoms with Crippen molar-refractivity contribution < 1.29 is 4.79 Å². The molecule has 3 N–H and O–H groups in total. The topological polar surface area (TPSA) is 55.1 Å². The van der Waals surface area contributed by atoms with E-state index in [1.807, 2.05) is 37.3 Å². The van der Waals surface area contributed by atoms with Crippen LogP contribution < -0.4 is 11.1 Å². The molecule has 3 nitrogen and oxygen atoms in total. The minimum Gasteiger partial charge on any atom is -0.348 e. The highest BCUT2D eigenvalue weighted by atomic mass is 16.2. The van der Waals surface area contributed by atoms with E-state index in [0.29, 0.717) is 5.92 Å². The van der Waals surface area contributed by atoms with Gasteiger partial charge in [-0.2, -0.15) is 0 Å². The summed E-state index contributed by atoms with van der Waals surface area (Å²) in [6.07, 6.45) is 0. The molecular formula is C20H26N2O. The van der Waals surface area contributed by atoms with Gasteiger partial charge in [0.05, 0.1) is 6.04 Å². The van der Waals surface area contributed by atoms with E-state index in [-0.39, 0.29) is 11.9 Å².